The van der Waals surface area contributed by atoms with Gasteiger partial charge < -0.3 is 5.32 Å². The van der Waals surface area contributed by atoms with Crippen LogP contribution in [0.5, 0.6) is 0 Å². The molecule has 6 heteroatoms. The fraction of sp³-hybridized carbons (Fsp3) is 0.143. The van der Waals surface area contributed by atoms with Crippen LogP contribution in [0.15, 0.2) is 24.3 Å². The van der Waals surface area contributed by atoms with Crippen LogP contribution in [-0.4, -0.2) is 16.3 Å². The second kappa shape index (κ2) is 6.13. The SMILES string of the molecule is Cc1nc(Cl)c(C=O)c(Nc2ccc(CC#N)cc2)n1. The van der Waals surface area contributed by atoms with E-state index in [-0.39, 0.29) is 10.7 Å². The number of benzene rings is 1. The van der Waals surface area contributed by atoms with Crippen LogP contribution in [0.2, 0.25) is 5.15 Å². The first-order chi connectivity index (χ1) is 9.63. The molecule has 2 rings (SSSR count). The van der Waals surface area contributed by atoms with E-state index in [1.54, 1.807) is 6.92 Å². The summed E-state index contributed by atoms with van der Waals surface area (Å²) in [6, 6.07) is 9.38. The molecule has 100 valence electrons. The van der Waals surface area contributed by atoms with E-state index < -0.39 is 0 Å². The van der Waals surface area contributed by atoms with Crippen LogP contribution < -0.4 is 5.32 Å². The van der Waals surface area contributed by atoms with Gasteiger partial charge in [0.25, 0.3) is 0 Å². The maximum absolute atomic E-state index is 11.0. The molecule has 20 heavy (non-hydrogen) atoms. The highest BCUT2D eigenvalue weighted by Crippen LogP contribution is 2.23. The molecule has 0 atom stereocenters. The number of hydrogen-bond acceptors (Lipinski definition) is 5. The van der Waals surface area contributed by atoms with E-state index in [1.807, 2.05) is 24.3 Å². The number of aldehydes is 1. The number of carbonyl (C=O) groups is 1. The van der Waals surface area contributed by atoms with Gasteiger partial charge in [-0.15, -0.1) is 0 Å². The summed E-state index contributed by atoms with van der Waals surface area (Å²) in [6.07, 6.45) is 0.979. The lowest BCUT2D eigenvalue weighted by Crippen LogP contribution is -2.03. The number of nitrogens with one attached hydrogen (secondary N) is 1. The summed E-state index contributed by atoms with van der Waals surface area (Å²) in [5.41, 5.74) is 1.90. The normalized spacial score (nSPS) is 9.85. The van der Waals surface area contributed by atoms with Gasteiger partial charge >= 0.3 is 0 Å². The molecule has 2 aromatic rings. The molecule has 1 heterocycles. The van der Waals surface area contributed by atoms with E-state index >= 15 is 0 Å². The van der Waals surface area contributed by atoms with Gasteiger partial charge in [-0.3, -0.25) is 4.79 Å². The number of rotatable bonds is 4. The molecule has 1 aromatic heterocycles. The van der Waals surface area contributed by atoms with Crippen molar-refractivity contribution in [2.75, 3.05) is 5.32 Å². The van der Waals surface area contributed by atoms with Crippen LogP contribution in [0.3, 0.4) is 0 Å². The predicted octanol–water partition coefficient (Wildman–Crippen LogP) is 3.06. The van der Waals surface area contributed by atoms with Gasteiger partial charge in [0.1, 0.15) is 16.8 Å². The molecule has 0 aliphatic rings. The Morgan fingerprint density at radius 2 is 2.05 bits per heavy atom. The van der Waals surface area contributed by atoms with Gasteiger partial charge in [0, 0.05) is 5.69 Å². The molecule has 0 saturated carbocycles. The van der Waals surface area contributed by atoms with E-state index in [0.717, 1.165) is 11.3 Å². The number of anilines is 2. The minimum Gasteiger partial charge on any atom is -0.339 e. The fourth-order valence-electron chi connectivity index (χ4n) is 1.68. The molecule has 1 N–H and O–H groups in total. The van der Waals surface area contributed by atoms with Crippen molar-refractivity contribution in [3.63, 3.8) is 0 Å². The Morgan fingerprint density at radius 1 is 1.35 bits per heavy atom. The average molecular weight is 287 g/mol. The molecule has 0 radical (unpaired) electrons. The van der Waals surface area contributed by atoms with Gasteiger partial charge in [0.2, 0.25) is 0 Å². The van der Waals surface area contributed by atoms with Gasteiger partial charge in [-0.1, -0.05) is 23.7 Å². The summed E-state index contributed by atoms with van der Waals surface area (Å²) in [5, 5.41) is 11.8. The quantitative estimate of drug-likeness (QED) is 0.690. The predicted molar refractivity (Wildman–Crippen MR) is 76.2 cm³/mol. The van der Waals surface area contributed by atoms with Gasteiger partial charge in [-0.25, -0.2) is 9.97 Å². The number of nitriles is 1. The molecule has 0 fully saturated rings. The van der Waals surface area contributed by atoms with E-state index in [2.05, 4.69) is 21.4 Å². The third-order valence-electron chi connectivity index (χ3n) is 2.63. The topological polar surface area (TPSA) is 78.7 Å². The molecular formula is C14H11ClN4O. The van der Waals surface area contributed by atoms with E-state index in [1.165, 1.54) is 0 Å². The first-order valence-electron chi connectivity index (χ1n) is 5.86. The molecule has 0 saturated heterocycles. The molecule has 1 aromatic carbocycles. The van der Waals surface area contributed by atoms with Crippen LogP contribution in [0.4, 0.5) is 11.5 Å². The third kappa shape index (κ3) is 3.11. The van der Waals surface area contributed by atoms with Crippen molar-refractivity contribution >= 4 is 29.4 Å². The molecule has 0 bridgehead atoms. The number of halogens is 1. The Balaban J connectivity index is 2.30. The maximum atomic E-state index is 11.0. The van der Waals surface area contributed by atoms with Crippen molar-refractivity contribution < 1.29 is 4.79 Å². The molecule has 0 aliphatic carbocycles. The average Bonchev–Trinajstić information content (AvgIpc) is 2.41. The first-order valence-corrected chi connectivity index (χ1v) is 6.24. The second-order valence-corrected chi connectivity index (χ2v) is 4.46. The number of nitrogens with zero attached hydrogens (tertiary/aromatic N) is 3. The minimum absolute atomic E-state index is 0.121. The Hall–Kier alpha value is -2.45. The molecular weight excluding hydrogens is 276 g/mol. The number of carbonyl (C=O) groups excluding carboxylic acids is 1. The maximum Gasteiger partial charge on any atom is 0.156 e. The van der Waals surface area contributed by atoms with Gasteiger partial charge in [-0.2, -0.15) is 5.26 Å². The second-order valence-electron chi connectivity index (χ2n) is 4.10. The monoisotopic (exact) mass is 286 g/mol. The highest BCUT2D eigenvalue weighted by molar-refractivity contribution is 6.32. The summed E-state index contributed by atoms with van der Waals surface area (Å²) in [6.45, 7) is 1.70. The molecule has 0 spiro atoms. The summed E-state index contributed by atoms with van der Waals surface area (Å²) >= 11 is 5.91. The van der Waals surface area contributed by atoms with Crippen LogP contribution in [-0.2, 0) is 6.42 Å². The Kier molecular flexibility index (Phi) is 4.28. The lowest BCUT2D eigenvalue weighted by atomic mass is 10.1. The van der Waals surface area contributed by atoms with Crippen LogP contribution in [0.25, 0.3) is 0 Å². The van der Waals surface area contributed by atoms with Gasteiger partial charge in [0.05, 0.1) is 18.1 Å². The van der Waals surface area contributed by atoms with Crippen molar-refractivity contribution in [1.82, 2.24) is 9.97 Å². The van der Waals surface area contributed by atoms with Crippen LogP contribution >= 0.6 is 11.6 Å². The number of aryl methyl sites for hydroxylation is 1. The smallest absolute Gasteiger partial charge is 0.156 e. The zero-order chi connectivity index (χ0) is 14.5. The Bertz CT molecular complexity index is 677. The largest absolute Gasteiger partial charge is 0.339 e. The lowest BCUT2D eigenvalue weighted by Gasteiger charge is -2.09. The Morgan fingerprint density at radius 3 is 2.65 bits per heavy atom. The van der Waals surface area contributed by atoms with Crippen molar-refractivity contribution in [3.8, 4) is 6.07 Å². The van der Waals surface area contributed by atoms with Crippen molar-refractivity contribution in [2.45, 2.75) is 13.3 Å². The van der Waals surface area contributed by atoms with Gasteiger partial charge in [-0.05, 0) is 24.6 Å². The lowest BCUT2D eigenvalue weighted by molar-refractivity contribution is 0.112. The van der Waals surface area contributed by atoms with Crippen LogP contribution in [0, 0.1) is 18.3 Å². The molecule has 0 unspecified atom stereocenters. The number of hydrogen-bond donors (Lipinski definition) is 1. The molecule has 0 amide bonds. The van der Waals surface area contributed by atoms with E-state index in [0.29, 0.717) is 24.3 Å². The summed E-state index contributed by atoms with van der Waals surface area (Å²) in [7, 11) is 0. The van der Waals surface area contributed by atoms with Crippen molar-refractivity contribution in [3.05, 3.63) is 46.4 Å². The highest BCUT2D eigenvalue weighted by atomic mass is 35.5. The fourth-order valence-corrected chi connectivity index (χ4v) is 1.94. The highest BCUT2D eigenvalue weighted by Gasteiger charge is 2.11. The van der Waals surface area contributed by atoms with Crippen LogP contribution in [0.1, 0.15) is 21.7 Å². The summed E-state index contributed by atoms with van der Waals surface area (Å²) < 4.78 is 0. The molecule has 0 aliphatic heterocycles. The van der Waals surface area contributed by atoms with Crippen molar-refractivity contribution in [2.24, 2.45) is 0 Å². The number of aromatic nitrogens is 2. The summed E-state index contributed by atoms with van der Waals surface area (Å²) in [5.74, 6) is 0.842. The zero-order valence-electron chi connectivity index (χ0n) is 10.7. The zero-order valence-corrected chi connectivity index (χ0v) is 11.5. The van der Waals surface area contributed by atoms with Crippen molar-refractivity contribution in [1.29, 1.82) is 5.26 Å². The summed E-state index contributed by atoms with van der Waals surface area (Å²) in [4.78, 5) is 19.1. The molecule has 5 nitrogen and oxygen atoms in total. The third-order valence-corrected chi connectivity index (χ3v) is 2.92. The first kappa shape index (κ1) is 14.0. The van der Waals surface area contributed by atoms with E-state index in [4.69, 9.17) is 16.9 Å². The minimum atomic E-state index is 0.121. The van der Waals surface area contributed by atoms with Gasteiger partial charge in [0.15, 0.2) is 6.29 Å². The standard InChI is InChI=1S/C14H11ClN4O/c1-9-17-13(15)12(8-20)14(18-9)19-11-4-2-10(3-5-11)6-7-16/h2-5,8H,6H2,1H3,(H,17,18,19). The Labute approximate surface area is 121 Å². The van der Waals surface area contributed by atoms with E-state index in [9.17, 15) is 4.79 Å².